The van der Waals surface area contributed by atoms with Crippen LogP contribution in [-0.4, -0.2) is 29.2 Å². The van der Waals surface area contributed by atoms with Gasteiger partial charge in [0.1, 0.15) is 5.03 Å². The summed E-state index contributed by atoms with van der Waals surface area (Å²) in [6.45, 7) is 1.31. The lowest BCUT2D eigenvalue weighted by atomic mass is 10.00. The Morgan fingerprint density at radius 1 is 1.10 bits per heavy atom. The van der Waals surface area contributed by atoms with Crippen LogP contribution in [0.4, 0.5) is 8.78 Å². The number of fused-ring (bicyclic) bond motifs is 1. The number of rotatable bonds is 7. The smallest absolute Gasteiger partial charge is 0.341 e. The molecule has 0 aliphatic rings. The van der Waals surface area contributed by atoms with E-state index in [-0.39, 0.29) is 28.4 Å². The van der Waals surface area contributed by atoms with E-state index < -0.39 is 24.2 Å². The van der Waals surface area contributed by atoms with Crippen LogP contribution in [0.3, 0.4) is 0 Å². The standard InChI is InChI=1S/C21H18F2N2O3S/c1-13(15-9-4-7-14-6-2-3-8-16(14)15)25-18(26)12-28-20(27)17-10-5-11-24-19(17)29-21(22)23/h2-11,13,21H,12H2,1H3,(H,25,26)/t13-/m1/s1. The fourth-order valence-corrected chi connectivity index (χ4v) is 3.49. The molecular formula is C21H18F2N2O3S. The molecule has 1 atom stereocenters. The van der Waals surface area contributed by atoms with Crippen molar-refractivity contribution in [1.82, 2.24) is 10.3 Å². The second-order valence-corrected chi connectivity index (χ2v) is 7.15. The van der Waals surface area contributed by atoms with Crippen molar-refractivity contribution in [2.45, 2.75) is 23.7 Å². The summed E-state index contributed by atoms with van der Waals surface area (Å²) in [6, 6.07) is 16.1. The van der Waals surface area contributed by atoms with E-state index in [9.17, 15) is 18.4 Å². The van der Waals surface area contributed by atoms with Crippen molar-refractivity contribution in [3.63, 3.8) is 0 Å². The lowest BCUT2D eigenvalue weighted by molar-refractivity contribution is -0.124. The van der Waals surface area contributed by atoms with E-state index >= 15 is 0 Å². The predicted octanol–water partition coefficient (Wildman–Crippen LogP) is 4.58. The molecule has 8 heteroatoms. The highest BCUT2D eigenvalue weighted by molar-refractivity contribution is 7.99. The molecule has 3 rings (SSSR count). The number of nitrogens with zero attached hydrogens (tertiary/aromatic N) is 1. The Morgan fingerprint density at radius 3 is 2.66 bits per heavy atom. The normalized spacial score (nSPS) is 12.0. The third kappa shape index (κ3) is 5.29. The number of nitrogens with one attached hydrogen (secondary N) is 1. The Balaban J connectivity index is 1.62. The highest BCUT2D eigenvalue weighted by Gasteiger charge is 2.19. The van der Waals surface area contributed by atoms with Crippen molar-refractivity contribution in [1.29, 1.82) is 0 Å². The zero-order chi connectivity index (χ0) is 20.8. The summed E-state index contributed by atoms with van der Waals surface area (Å²) < 4.78 is 30.2. The van der Waals surface area contributed by atoms with E-state index in [1.165, 1.54) is 18.3 Å². The van der Waals surface area contributed by atoms with Gasteiger partial charge in [-0.3, -0.25) is 4.79 Å². The number of thioether (sulfide) groups is 1. The first kappa shape index (κ1) is 20.7. The molecule has 1 heterocycles. The van der Waals surface area contributed by atoms with Crippen molar-refractivity contribution < 1.29 is 23.1 Å². The van der Waals surface area contributed by atoms with Gasteiger partial charge in [-0.2, -0.15) is 8.78 Å². The first-order valence-corrected chi connectivity index (χ1v) is 9.67. The Labute approximate surface area is 170 Å². The number of ether oxygens (including phenoxy) is 1. The van der Waals surface area contributed by atoms with E-state index in [2.05, 4.69) is 10.3 Å². The van der Waals surface area contributed by atoms with Gasteiger partial charge in [-0.15, -0.1) is 0 Å². The van der Waals surface area contributed by atoms with Crippen molar-refractivity contribution in [3.05, 3.63) is 71.9 Å². The molecule has 5 nitrogen and oxygen atoms in total. The van der Waals surface area contributed by atoms with Crippen LogP contribution in [0.2, 0.25) is 0 Å². The molecule has 29 heavy (non-hydrogen) atoms. The number of hydrogen-bond acceptors (Lipinski definition) is 5. The minimum Gasteiger partial charge on any atom is -0.452 e. The Kier molecular flexibility index (Phi) is 6.77. The molecule has 0 spiro atoms. The molecule has 0 aliphatic carbocycles. The number of benzene rings is 2. The number of aromatic nitrogens is 1. The van der Waals surface area contributed by atoms with E-state index in [0.29, 0.717) is 0 Å². The fraction of sp³-hybridized carbons (Fsp3) is 0.190. The van der Waals surface area contributed by atoms with Crippen molar-refractivity contribution >= 4 is 34.4 Å². The largest absolute Gasteiger partial charge is 0.452 e. The van der Waals surface area contributed by atoms with Gasteiger partial charge < -0.3 is 10.1 Å². The molecule has 0 radical (unpaired) electrons. The highest BCUT2D eigenvalue weighted by Crippen LogP contribution is 2.27. The van der Waals surface area contributed by atoms with Crippen LogP contribution in [0.5, 0.6) is 0 Å². The summed E-state index contributed by atoms with van der Waals surface area (Å²) in [5.74, 6) is -4.10. The summed E-state index contributed by atoms with van der Waals surface area (Å²) in [5, 5.41) is 4.71. The van der Waals surface area contributed by atoms with Gasteiger partial charge in [0, 0.05) is 6.20 Å². The summed E-state index contributed by atoms with van der Waals surface area (Å²) in [6.07, 6.45) is 1.31. The third-order valence-corrected chi connectivity index (χ3v) is 4.92. The second kappa shape index (κ2) is 9.47. The molecule has 0 fully saturated rings. The van der Waals surface area contributed by atoms with Crippen LogP contribution in [0.25, 0.3) is 10.8 Å². The second-order valence-electron chi connectivity index (χ2n) is 6.17. The number of esters is 1. The zero-order valence-electron chi connectivity index (χ0n) is 15.5. The SMILES string of the molecule is C[C@@H](NC(=O)COC(=O)c1cccnc1SC(F)F)c1cccc2ccccc12. The molecule has 0 saturated carbocycles. The number of hydrogen-bond donors (Lipinski definition) is 1. The minimum absolute atomic E-state index is 0.104. The number of carbonyl (C=O) groups is 2. The van der Waals surface area contributed by atoms with Gasteiger partial charge in [0.15, 0.2) is 6.61 Å². The molecule has 0 unspecified atom stereocenters. The molecule has 0 saturated heterocycles. The zero-order valence-corrected chi connectivity index (χ0v) is 16.3. The quantitative estimate of drug-likeness (QED) is 0.451. The molecule has 0 bridgehead atoms. The Morgan fingerprint density at radius 2 is 1.86 bits per heavy atom. The number of amides is 1. The number of carbonyl (C=O) groups excluding carboxylic acids is 2. The summed E-state index contributed by atoms with van der Waals surface area (Å²) in [5.41, 5.74) is 0.832. The summed E-state index contributed by atoms with van der Waals surface area (Å²) in [7, 11) is 0. The van der Waals surface area contributed by atoms with Crippen molar-refractivity contribution in [2.24, 2.45) is 0 Å². The maximum Gasteiger partial charge on any atom is 0.341 e. The topological polar surface area (TPSA) is 68.3 Å². The lowest BCUT2D eigenvalue weighted by Crippen LogP contribution is -2.31. The van der Waals surface area contributed by atoms with Crippen LogP contribution < -0.4 is 5.32 Å². The molecule has 150 valence electrons. The maximum absolute atomic E-state index is 12.6. The molecule has 1 N–H and O–H groups in total. The van der Waals surface area contributed by atoms with Gasteiger partial charge in [-0.1, -0.05) is 42.5 Å². The minimum atomic E-state index is -2.72. The van der Waals surface area contributed by atoms with Crippen LogP contribution in [0.1, 0.15) is 28.9 Å². The van der Waals surface area contributed by atoms with Crippen LogP contribution in [0.15, 0.2) is 65.8 Å². The number of pyridine rings is 1. The van der Waals surface area contributed by atoms with Gasteiger partial charge in [0.05, 0.1) is 11.6 Å². The summed E-state index contributed by atoms with van der Waals surface area (Å²) in [4.78, 5) is 28.2. The average Bonchev–Trinajstić information content (AvgIpc) is 2.71. The monoisotopic (exact) mass is 416 g/mol. The number of halogens is 2. The van der Waals surface area contributed by atoms with Crippen LogP contribution in [0, 0.1) is 0 Å². The van der Waals surface area contributed by atoms with E-state index in [1.807, 2.05) is 49.4 Å². The van der Waals surface area contributed by atoms with Gasteiger partial charge in [0.2, 0.25) is 0 Å². The van der Waals surface area contributed by atoms with Crippen molar-refractivity contribution in [3.8, 4) is 0 Å². The Hall–Kier alpha value is -3.00. The lowest BCUT2D eigenvalue weighted by Gasteiger charge is -2.17. The molecule has 1 aromatic heterocycles. The van der Waals surface area contributed by atoms with Gasteiger partial charge in [-0.05, 0) is 47.2 Å². The third-order valence-electron chi connectivity index (χ3n) is 4.19. The van der Waals surface area contributed by atoms with E-state index in [4.69, 9.17) is 4.74 Å². The molecular weight excluding hydrogens is 398 g/mol. The molecule has 3 aromatic rings. The summed E-state index contributed by atoms with van der Waals surface area (Å²) >= 11 is 0.151. The molecule has 0 aliphatic heterocycles. The van der Waals surface area contributed by atoms with Crippen LogP contribution in [-0.2, 0) is 9.53 Å². The van der Waals surface area contributed by atoms with E-state index in [1.54, 1.807) is 0 Å². The van der Waals surface area contributed by atoms with Crippen molar-refractivity contribution in [2.75, 3.05) is 6.61 Å². The number of alkyl halides is 2. The van der Waals surface area contributed by atoms with Gasteiger partial charge >= 0.3 is 5.97 Å². The maximum atomic E-state index is 12.6. The van der Waals surface area contributed by atoms with Crippen LogP contribution >= 0.6 is 11.8 Å². The molecule has 1 amide bonds. The molecule has 2 aromatic carbocycles. The first-order chi connectivity index (χ1) is 14.0. The first-order valence-electron chi connectivity index (χ1n) is 8.79. The van der Waals surface area contributed by atoms with Gasteiger partial charge in [0.25, 0.3) is 11.7 Å². The Bertz CT molecular complexity index is 1020. The van der Waals surface area contributed by atoms with Gasteiger partial charge in [-0.25, -0.2) is 9.78 Å². The average molecular weight is 416 g/mol. The highest BCUT2D eigenvalue weighted by atomic mass is 32.2. The van der Waals surface area contributed by atoms with E-state index in [0.717, 1.165) is 16.3 Å². The fourth-order valence-electron chi connectivity index (χ4n) is 2.92. The predicted molar refractivity (Wildman–Crippen MR) is 107 cm³/mol.